The molecule has 0 amide bonds. The fourth-order valence-corrected chi connectivity index (χ4v) is 1.39. The highest BCUT2D eigenvalue weighted by molar-refractivity contribution is 6.03. The van der Waals surface area contributed by atoms with E-state index in [0.717, 1.165) is 6.42 Å². The number of hydrogen-bond acceptors (Lipinski definition) is 3. The lowest BCUT2D eigenvalue weighted by Crippen LogP contribution is -2.12. The van der Waals surface area contributed by atoms with E-state index in [-0.39, 0.29) is 11.7 Å². The zero-order chi connectivity index (χ0) is 11.4. The van der Waals surface area contributed by atoms with E-state index in [4.69, 9.17) is 10.5 Å². The molecular weight excluding hydrogens is 190 g/mol. The number of nitrogens with two attached hydrogens (primary N) is 1. The van der Waals surface area contributed by atoms with E-state index in [9.17, 15) is 4.79 Å². The van der Waals surface area contributed by atoms with Crippen molar-refractivity contribution in [3.05, 3.63) is 23.8 Å². The van der Waals surface area contributed by atoms with Crippen LogP contribution in [0.5, 0.6) is 5.75 Å². The topological polar surface area (TPSA) is 52.3 Å². The highest BCUT2D eigenvalue weighted by atomic mass is 16.5. The Balaban J connectivity index is 3.09. The van der Waals surface area contributed by atoms with Gasteiger partial charge < -0.3 is 10.5 Å². The summed E-state index contributed by atoms with van der Waals surface area (Å²) in [6, 6.07) is 5.28. The molecule has 0 spiro atoms. The van der Waals surface area contributed by atoms with Gasteiger partial charge in [-0.25, -0.2) is 0 Å². The molecule has 0 aliphatic heterocycles. The number of benzene rings is 1. The van der Waals surface area contributed by atoms with Crippen LogP contribution in [0.3, 0.4) is 0 Å². The Labute approximate surface area is 90.2 Å². The molecule has 0 aliphatic carbocycles. The van der Waals surface area contributed by atoms with Crippen LogP contribution in [0.1, 0.15) is 30.6 Å². The lowest BCUT2D eigenvalue weighted by Gasteiger charge is -2.12. The Morgan fingerprint density at radius 3 is 2.73 bits per heavy atom. The third-order valence-electron chi connectivity index (χ3n) is 2.61. The van der Waals surface area contributed by atoms with Gasteiger partial charge in [-0.2, -0.15) is 0 Å². The average molecular weight is 207 g/mol. The van der Waals surface area contributed by atoms with Crippen molar-refractivity contribution in [2.45, 2.75) is 20.3 Å². The normalized spacial score (nSPS) is 12.2. The largest absolute Gasteiger partial charge is 0.495 e. The number of Topliss-reactive ketones (excluding diaryl/α,β-unsaturated/α-hetero) is 1. The van der Waals surface area contributed by atoms with Gasteiger partial charge in [0.25, 0.3) is 0 Å². The number of rotatable bonds is 4. The van der Waals surface area contributed by atoms with E-state index < -0.39 is 0 Å². The molecule has 0 radical (unpaired) electrons. The van der Waals surface area contributed by atoms with Crippen molar-refractivity contribution in [2.24, 2.45) is 5.92 Å². The van der Waals surface area contributed by atoms with E-state index in [1.807, 2.05) is 13.8 Å². The van der Waals surface area contributed by atoms with Crippen LogP contribution >= 0.6 is 0 Å². The number of ketones is 1. The number of nitrogen functional groups attached to an aromatic ring is 1. The third kappa shape index (κ3) is 2.29. The van der Waals surface area contributed by atoms with Gasteiger partial charge in [0.1, 0.15) is 5.75 Å². The van der Waals surface area contributed by atoms with Crippen LogP contribution in [0.2, 0.25) is 0 Å². The van der Waals surface area contributed by atoms with Crippen molar-refractivity contribution in [1.29, 1.82) is 0 Å². The molecule has 1 unspecified atom stereocenters. The van der Waals surface area contributed by atoms with E-state index in [1.165, 1.54) is 0 Å². The number of hydrogen-bond donors (Lipinski definition) is 1. The summed E-state index contributed by atoms with van der Waals surface area (Å²) in [5, 5.41) is 0. The molecule has 3 nitrogen and oxygen atoms in total. The monoisotopic (exact) mass is 207 g/mol. The van der Waals surface area contributed by atoms with Gasteiger partial charge in [0.2, 0.25) is 0 Å². The van der Waals surface area contributed by atoms with Crippen molar-refractivity contribution < 1.29 is 9.53 Å². The minimum atomic E-state index is -0.000550. The average Bonchev–Trinajstić information content (AvgIpc) is 2.27. The second kappa shape index (κ2) is 4.82. The first kappa shape index (κ1) is 11.6. The number of methoxy groups -OCH3 is 1. The molecule has 2 N–H and O–H groups in total. The smallest absolute Gasteiger partial charge is 0.167 e. The lowest BCUT2D eigenvalue weighted by atomic mass is 9.96. The fourth-order valence-electron chi connectivity index (χ4n) is 1.39. The second-order valence-electron chi connectivity index (χ2n) is 3.60. The summed E-state index contributed by atoms with van der Waals surface area (Å²) in [4.78, 5) is 11.9. The molecular formula is C12H17NO2. The van der Waals surface area contributed by atoms with Crippen molar-refractivity contribution in [3.63, 3.8) is 0 Å². The van der Waals surface area contributed by atoms with Crippen molar-refractivity contribution in [2.75, 3.05) is 12.8 Å². The lowest BCUT2D eigenvalue weighted by molar-refractivity contribution is 0.0928. The Hall–Kier alpha value is -1.51. The highest BCUT2D eigenvalue weighted by Gasteiger charge is 2.17. The summed E-state index contributed by atoms with van der Waals surface area (Å²) in [7, 11) is 1.54. The van der Waals surface area contributed by atoms with Crippen LogP contribution in [0.15, 0.2) is 18.2 Å². The molecule has 0 aromatic heterocycles. The number of para-hydroxylation sites is 1. The minimum absolute atomic E-state index is 0.000550. The van der Waals surface area contributed by atoms with Gasteiger partial charge >= 0.3 is 0 Å². The van der Waals surface area contributed by atoms with Gasteiger partial charge in [0.05, 0.1) is 12.8 Å². The van der Waals surface area contributed by atoms with Crippen molar-refractivity contribution in [3.8, 4) is 5.75 Å². The van der Waals surface area contributed by atoms with Gasteiger partial charge in [-0.1, -0.05) is 19.9 Å². The number of anilines is 1. The molecule has 0 fully saturated rings. The minimum Gasteiger partial charge on any atom is -0.495 e. The van der Waals surface area contributed by atoms with Gasteiger partial charge in [0.15, 0.2) is 5.78 Å². The first-order chi connectivity index (χ1) is 7.11. The Morgan fingerprint density at radius 1 is 1.53 bits per heavy atom. The first-order valence-electron chi connectivity index (χ1n) is 5.08. The van der Waals surface area contributed by atoms with Crippen LogP contribution < -0.4 is 10.5 Å². The maximum atomic E-state index is 11.9. The summed E-state index contributed by atoms with van der Waals surface area (Å²) < 4.78 is 5.07. The van der Waals surface area contributed by atoms with E-state index in [0.29, 0.717) is 17.0 Å². The molecule has 1 rings (SSSR count). The van der Waals surface area contributed by atoms with Gasteiger partial charge in [-0.3, -0.25) is 4.79 Å². The summed E-state index contributed by atoms with van der Waals surface area (Å²) in [6.45, 7) is 3.89. The summed E-state index contributed by atoms with van der Waals surface area (Å²) in [6.07, 6.45) is 0.815. The Kier molecular flexibility index (Phi) is 3.72. The maximum absolute atomic E-state index is 11.9. The van der Waals surface area contributed by atoms with E-state index in [2.05, 4.69) is 0 Å². The maximum Gasteiger partial charge on any atom is 0.167 e. The molecule has 0 bridgehead atoms. The van der Waals surface area contributed by atoms with Crippen LogP contribution in [-0.2, 0) is 0 Å². The second-order valence-corrected chi connectivity index (χ2v) is 3.60. The number of carbonyl (C=O) groups is 1. The van der Waals surface area contributed by atoms with Crippen LogP contribution in [0.4, 0.5) is 5.69 Å². The number of carbonyl (C=O) groups excluding carboxylic acids is 1. The Morgan fingerprint density at radius 2 is 2.20 bits per heavy atom. The van der Waals surface area contributed by atoms with Crippen LogP contribution in [-0.4, -0.2) is 12.9 Å². The van der Waals surface area contributed by atoms with Gasteiger partial charge in [0, 0.05) is 11.5 Å². The number of ether oxygens (including phenoxy) is 1. The fraction of sp³-hybridized carbons (Fsp3) is 0.417. The van der Waals surface area contributed by atoms with E-state index >= 15 is 0 Å². The predicted octanol–water partition coefficient (Wildman–Crippen LogP) is 2.51. The summed E-state index contributed by atoms with van der Waals surface area (Å²) >= 11 is 0. The van der Waals surface area contributed by atoms with E-state index in [1.54, 1.807) is 25.3 Å². The first-order valence-corrected chi connectivity index (χ1v) is 5.08. The zero-order valence-electron chi connectivity index (χ0n) is 9.41. The zero-order valence-corrected chi connectivity index (χ0v) is 9.41. The molecule has 0 saturated carbocycles. The standard InChI is InChI=1S/C12H17NO2/c1-4-8(2)12(14)9-6-5-7-10(15-3)11(9)13/h5-8H,4,13H2,1-3H3. The summed E-state index contributed by atoms with van der Waals surface area (Å²) in [5.41, 5.74) is 6.84. The van der Waals surface area contributed by atoms with Gasteiger partial charge in [-0.15, -0.1) is 0 Å². The molecule has 15 heavy (non-hydrogen) atoms. The third-order valence-corrected chi connectivity index (χ3v) is 2.61. The quantitative estimate of drug-likeness (QED) is 0.609. The molecule has 1 aromatic carbocycles. The molecule has 0 saturated heterocycles. The SMILES string of the molecule is CCC(C)C(=O)c1cccc(OC)c1N. The van der Waals surface area contributed by atoms with Crippen molar-refractivity contribution >= 4 is 11.5 Å². The van der Waals surface area contributed by atoms with Gasteiger partial charge in [-0.05, 0) is 18.6 Å². The predicted molar refractivity (Wildman–Crippen MR) is 61.2 cm³/mol. The molecule has 82 valence electrons. The molecule has 0 aliphatic rings. The van der Waals surface area contributed by atoms with Crippen molar-refractivity contribution in [1.82, 2.24) is 0 Å². The molecule has 3 heteroatoms. The molecule has 1 aromatic rings. The molecule has 0 heterocycles. The Bertz CT molecular complexity index is 361. The highest BCUT2D eigenvalue weighted by Crippen LogP contribution is 2.27. The van der Waals surface area contributed by atoms with Crippen LogP contribution in [0.25, 0.3) is 0 Å². The molecule has 1 atom stereocenters. The summed E-state index contributed by atoms with van der Waals surface area (Å²) in [5.74, 6) is 0.637. The van der Waals surface area contributed by atoms with Crippen LogP contribution in [0, 0.1) is 5.92 Å².